The van der Waals surface area contributed by atoms with Crippen molar-refractivity contribution in [2.24, 2.45) is 0 Å². The third-order valence-corrected chi connectivity index (χ3v) is 3.08. The number of H-pyrrole nitrogens is 1. The van der Waals surface area contributed by atoms with E-state index in [4.69, 9.17) is 0 Å². The second kappa shape index (κ2) is 5.84. The number of hydrogen-bond acceptors (Lipinski definition) is 2. The lowest BCUT2D eigenvalue weighted by Crippen LogP contribution is -2.33. The standard InChI is InChI=1S/C14H18FN3O/c1-18(2)14(19)9-16-6-5-10-8-17-13-4-3-11(15)7-12(10)13/h3-4,7-8,16-17H,5-6,9H2,1-2H3. The Morgan fingerprint density at radius 3 is 2.95 bits per heavy atom. The number of fused-ring (bicyclic) bond motifs is 1. The van der Waals surface area contributed by atoms with Crippen molar-refractivity contribution in [3.63, 3.8) is 0 Å². The zero-order valence-corrected chi connectivity index (χ0v) is 11.2. The molecule has 0 spiro atoms. The number of hydrogen-bond donors (Lipinski definition) is 2. The Morgan fingerprint density at radius 2 is 2.21 bits per heavy atom. The SMILES string of the molecule is CN(C)C(=O)CNCCc1c[nH]c2ccc(F)cc12. The first kappa shape index (κ1) is 13.5. The Labute approximate surface area is 111 Å². The second-order valence-electron chi connectivity index (χ2n) is 4.72. The van der Waals surface area contributed by atoms with Crippen LogP contribution in [0, 0.1) is 5.82 Å². The molecule has 4 nitrogen and oxygen atoms in total. The van der Waals surface area contributed by atoms with Crippen molar-refractivity contribution in [1.29, 1.82) is 0 Å². The Morgan fingerprint density at radius 1 is 1.42 bits per heavy atom. The minimum atomic E-state index is -0.232. The second-order valence-corrected chi connectivity index (χ2v) is 4.72. The molecule has 0 aliphatic heterocycles. The molecular weight excluding hydrogens is 245 g/mol. The van der Waals surface area contributed by atoms with Crippen LogP contribution in [0.5, 0.6) is 0 Å². The molecule has 19 heavy (non-hydrogen) atoms. The monoisotopic (exact) mass is 263 g/mol. The molecule has 0 radical (unpaired) electrons. The van der Waals surface area contributed by atoms with Gasteiger partial charge in [-0.05, 0) is 36.7 Å². The van der Waals surface area contributed by atoms with Gasteiger partial charge in [-0.15, -0.1) is 0 Å². The minimum absolute atomic E-state index is 0.0463. The van der Waals surface area contributed by atoms with E-state index in [0.29, 0.717) is 13.1 Å². The number of likely N-dealkylation sites (N-methyl/N-ethyl adjacent to an activating group) is 1. The first-order valence-electron chi connectivity index (χ1n) is 6.24. The summed E-state index contributed by atoms with van der Waals surface area (Å²) in [6.07, 6.45) is 2.64. The molecule has 0 saturated heterocycles. The van der Waals surface area contributed by atoms with Gasteiger partial charge in [-0.2, -0.15) is 0 Å². The van der Waals surface area contributed by atoms with Crippen molar-refractivity contribution < 1.29 is 9.18 Å². The number of aromatic amines is 1. The van der Waals surface area contributed by atoms with Crippen LogP contribution in [0.1, 0.15) is 5.56 Å². The van der Waals surface area contributed by atoms with Crippen molar-refractivity contribution in [1.82, 2.24) is 15.2 Å². The molecule has 1 heterocycles. The maximum atomic E-state index is 13.2. The predicted octanol–water partition coefficient (Wildman–Crippen LogP) is 1.53. The molecule has 0 atom stereocenters. The average Bonchev–Trinajstić information content (AvgIpc) is 2.76. The van der Waals surface area contributed by atoms with Gasteiger partial charge < -0.3 is 15.2 Å². The molecule has 1 aromatic carbocycles. The van der Waals surface area contributed by atoms with Crippen LogP contribution in [-0.4, -0.2) is 43.0 Å². The molecule has 102 valence electrons. The maximum Gasteiger partial charge on any atom is 0.236 e. The van der Waals surface area contributed by atoms with Crippen molar-refractivity contribution in [3.8, 4) is 0 Å². The van der Waals surface area contributed by atoms with Gasteiger partial charge in [0.15, 0.2) is 0 Å². The normalized spacial score (nSPS) is 10.9. The van der Waals surface area contributed by atoms with E-state index in [1.807, 2.05) is 6.20 Å². The Hall–Kier alpha value is -1.88. The summed E-state index contributed by atoms with van der Waals surface area (Å²) in [5, 5.41) is 3.99. The van der Waals surface area contributed by atoms with E-state index in [9.17, 15) is 9.18 Å². The maximum absolute atomic E-state index is 13.2. The minimum Gasteiger partial charge on any atom is -0.361 e. The van der Waals surface area contributed by atoms with Gasteiger partial charge in [-0.3, -0.25) is 4.79 Å². The highest BCUT2D eigenvalue weighted by atomic mass is 19.1. The number of halogens is 1. The quantitative estimate of drug-likeness (QED) is 0.804. The number of rotatable bonds is 5. The lowest BCUT2D eigenvalue weighted by atomic mass is 10.1. The molecule has 0 bridgehead atoms. The molecule has 0 unspecified atom stereocenters. The lowest BCUT2D eigenvalue weighted by Gasteiger charge is -2.10. The number of aromatic nitrogens is 1. The van der Waals surface area contributed by atoms with Gasteiger partial charge in [0.2, 0.25) is 5.91 Å². The van der Waals surface area contributed by atoms with Gasteiger partial charge in [0, 0.05) is 31.2 Å². The van der Waals surface area contributed by atoms with Gasteiger partial charge in [0.05, 0.1) is 6.54 Å². The van der Waals surface area contributed by atoms with Crippen LogP contribution < -0.4 is 5.32 Å². The zero-order valence-electron chi connectivity index (χ0n) is 11.2. The third kappa shape index (κ3) is 3.32. The summed E-state index contributed by atoms with van der Waals surface area (Å²) in [5.74, 6) is -0.186. The van der Waals surface area contributed by atoms with Crippen LogP contribution in [0.4, 0.5) is 4.39 Å². The molecule has 0 aliphatic rings. The molecule has 0 fully saturated rings. The molecule has 2 aromatic rings. The van der Waals surface area contributed by atoms with Crippen LogP contribution in [0.15, 0.2) is 24.4 Å². The molecular formula is C14H18FN3O. The fraction of sp³-hybridized carbons (Fsp3) is 0.357. The summed E-state index contributed by atoms with van der Waals surface area (Å²) in [4.78, 5) is 16.0. The van der Waals surface area contributed by atoms with Crippen LogP contribution in [0.2, 0.25) is 0 Å². The predicted molar refractivity (Wildman–Crippen MR) is 73.5 cm³/mol. The van der Waals surface area contributed by atoms with E-state index < -0.39 is 0 Å². The van der Waals surface area contributed by atoms with E-state index in [2.05, 4.69) is 10.3 Å². The van der Waals surface area contributed by atoms with Gasteiger partial charge in [-0.25, -0.2) is 4.39 Å². The first-order chi connectivity index (χ1) is 9.08. The Bertz CT molecular complexity index is 577. The first-order valence-corrected chi connectivity index (χ1v) is 6.24. The average molecular weight is 263 g/mol. The highest BCUT2D eigenvalue weighted by Gasteiger charge is 2.06. The van der Waals surface area contributed by atoms with Gasteiger partial charge in [0.1, 0.15) is 5.82 Å². The van der Waals surface area contributed by atoms with E-state index in [1.165, 1.54) is 12.1 Å². The van der Waals surface area contributed by atoms with Crippen LogP contribution in [0.3, 0.4) is 0 Å². The number of benzene rings is 1. The van der Waals surface area contributed by atoms with E-state index in [1.54, 1.807) is 25.1 Å². The zero-order chi connectivity index (χ0) is 13.8. The van der Waals surface area contributed by atoms with Crippen LogP contribution in [0.25, 0.3) is 10.9 Å². The lowest BCUT2D eigenvalue weighted by molar-refractivity contribution is -0.127. The topological polar surface area (TPSA) is 48.1 Å². The fourth-order valence-corrected chi connectivity index (χ4v) is 1.93. The number of nitrogens with one attached hydrogen (secondary N) is 2. The molecule has 0 saturated carbocycles. The van der Waals surface area contributed by atoms with Crippen molar-refractivity contribution in [2.45, 2.75) is 6.42 Å². The highest BCUT2D eigenvalue weighted by molar-refractivity contribution is 5.83. The van der Waals surface area contributed by atoms with E-state index in [0.717, 1.165) is 22.9 Å². The number of carbonyl (C=O) groups is 1. The number of nitrogens with zero attached hydrogens (tertiary/aromatic N) is 1. The smallest absolute Gasteiger partial charge is 0.236 e. The fourth-order valence-electron chi connectivity index (χ4n) is 1.93. The third-order valence-electron chi connectivity index (χ3n) is 3.08. The van der Waals surface area contributed by atoms with Gasteiger partial charge in [0.25, 0.3) is 0 Å². The Balaban J connectivity index is 1.91. The van der Waals surface area contributed by atoms with Crippen molar-refractivity contribution >= 4 is 16.8 Å². The van der Waals surface area contributed by atoms with Crippen LogP contribution in [-0.2, 0) is 11.2 Å². The van der Waals surface area contributed by atoms with E-state index >= 15 is 0 Å². The molecule has 1 aromatic heterocycles. The van der Waals surface area contributed by atoms with Gasteiger partial charge in [-0.1, -0.05) is 0 Å². The summed E-state index contributed by atoms with van der Waals surface area (Å²) in [6, 6.07) is 4.71. The van der Waals surface area contributed by atoms with Gasteiger partial charge >= 0.3 is 0 Å². The highest BCUT2D eigenvalue weighted by Crippen LogP contribution is 2.19. The number of amides is 1. The van der Waals surface area contributed by atoms with E-state index in [-0.39, 0.29) is 11.7 Å². The summed E-state index contributed by atoms with van der Waals surface area (Å²) in [7, 11) is 3.46. The van der Waals surface area contributed by atoms with Crippen LogP contribution >= 0.6 is 0 Å². The molecule has 0 aliphatic carbocycles. The molecule has 2 rings (SSSR count). The number of carbonyl (C=O) groups excluding carboxylic acids is 1. The molecule has 2 N–H and O–H groups in total. The summed E-state index contributed by atoms with van der Waals surface area (Å²) in [5.41, 5.74) is 1.99. The Kier molecular flexibility index (Phi) is 4.16. The molecule has 1 amide bonds. The van der Waals surface area contributed by atoms with Crippen molar-refractivity contribution in [3.05, 3.63) is 35.8 Å². The summed E-state index contributed by atoms with van der Waals surface area (Å²) in [6.45, 7) is 1.01. The summed E-state index contributed by atoms with van der Waals surface area (Å²) < 4.78 is 13.2. The molecule has 5 heteroatoms. The largest absolute Gasteiger partial charge is 0.361 e. The van der Waals surface area contributed by atoms with Crippen molar-refractivity contribution in [2.75, 3.05) is 27.2 Å². The summed E-state index contributed by atoms with van der Waals surface area (Å²) >= 11 is 0.